The Morgan fingerprint density at radius 3 is 2.20 bits per heavy atom. The van der Waals surface area contributed by atoms with Gasteiger partial charge in [0, 0.05) is 123 Å². The molecular weight excluding hydrogens is 1270 g/mol. The molecule has 9 rings (SSSR count). The van der Waals surface area contributed by atoms with Crippen molar-refractivity contribution in [1.82, 2.24) is 5.32 Å². The van der Waals surface area contributed by atoms with Gasteiger partial charge in [0.05, 0.1) is 48.6 Å². The largest absolute Gasteiger partial charge is 0.392 e. The van der Waals surface area contributed by atoms with Gasteiger partial charge in [0.25, 0.3) is 5.91 Å². The molecule has 4 bridgehead atoms. The zero-order valence-electron chi connectivity index (χ0n) is 41.0. The fourth-order valence-corrected chi connectivity index (χ4v) is 15.4. The number of nitrogens with one attached hydrogen (secondary N) is 1. The number of hydrogen-bond donors (Lipinski definition) is 7. The second kappa shape index (κ2) is 20.0. The summed E-state index contributed by atoms with van der Waals surface area (Å²) in [6.07, 6.45) is 3.73. The smallest absolute Gasteiger partial charge is 0.251 e. The fraction of sp³-hybridized carbons (Fsp3) is 0.769. The molecule has 7 N–H and O–H groups in total. The van der Waals surface area contributed by atoms with Crippen LogP contribution in [0.4, 0.5) is 0 Å². The third-order valence-electron chi connectivity index (χ3n) is 19.8. The summed E-state index contributed by atoms with van der Waals surface area (Å²) < 4.78 is 11.5. The van der Waals surface area contributed by atoms with Crippen LogP contribution in [0.15, 0.2) is 52.6 Å². The molecule has 1 aromatic carbocycles. The number of aliphatic hydroxyl groups excluding tert-OH is 3. The first kappa shape index (κ1) is 55.7. The van der Waals surface area contributed by atoms with Gasteiger partial charge in [-0.3, -0.25) is 14.8 Å². The van der Waals surface area contributed by atoms with E-state index >= 15 is 0 Å². The second-order valence-corrected chi connectivity index (χ2v) is 23.3. The molecule has 17 atom stereocenters. The summed E-state index contributed by atoms with van der Waals surface area (Å²) in [5, 5.41) is 71.9. The number of rotatable bonds is 6. The predicted octanol–water partition coefficient (Wildman–Crippen LogP) is 6.57. The van der Waals surface area contributed by atoms with Gasteiger partial charge in [0.15, 0.2) is 5.78 Å². The molecule has 14 heteroatoms. The Balaban J connectivity index is 0.000000261. The number of allylic oxidation sites excluding steroid dienone is 2. The summed E-state index contributed by atoms with van der Waals surface area (Å²) in [4.78, 5) is 31.9. The summed E-state index contributed by atoms with van der Waals surface area (Å²) in [5.74, 6) is -1.13. The van der Waals surface area contributed by atoms with Gasteiger partial charge in [-0.25, -0.2) is 4.89 Å². The Labute approximate surface area is 464 Å². The average molecular weight is 1350 g/mol. The van der Waals surface area contributed by atoms with Crippen LogP contribution in [0.25, 0.3) is 0 Å². The molecule has 1 aromatic rings. The summed E-state index contributed by atoms with van der Waals surface area (Å²) >= 11 is 0. The summed E-state index contributed by atoms with van der Waals surface area (Å²) in [7, 11) is 0. The van der Waals surface area contributed by atoms with Gasteiger partial charge in [-0.1, -0.05) is 76.5 Å². The van der Waals surface area contributed by atoms with Crippen LogP contribution in [0.1, 0.15) is 137 Å². The maximum atomic E-state index is 14.3. The number of hydrogen-bond acceptors (Lipinski definition) is 11. The molecule has 362 valence electrons. The first-order valence-corrected chi connectivity index (χ1v) is 24.2. The normalized spacial score (nSPS) is 43.1. The van der Waals surface area contributed by atoms with Crippen LogP contribution in [0, 0.1) is 145 Å². The zero-order chi connectivity index (χ0) is 46.7. The SMILES string of the molecule is CC1=C2C(O)C(=O)[C@]3(C)C(O)CC4OCC4(O)C3C(C)C(O)(CC1[C@@H](OO)C(O)C(C)NC(=O)c1ccccc1)C2(C)C.CC1=C2CC[C@]3(C)CCC4OCC4C3CC(CC1)C2(C)C.[Ac].[Ac]. The van der Waals surface area contributed by atoms with E-state index in [0.29, 0.717) is 28.1 Å². The minimum atomic E-state index is -1.76. The van der Waals surface area contributed by atoms with Crippen molar-refractivity contribution in [2.75, 3.05) is 13.2 Å². The molecular formula is C52H77Ac2NO11. The Hall–Kier alpha value is 0.363. The molecule has 2 aliphatic heterocycles. The number of benzene rings is 1. The first-order chi connectivity index (χ1) is 29.9. The summed E-state index contributed by atoms with van der Waals surface area (Å²) in [6, 6.07) is 7.52. The van der Waals surface area contributed by atoms with Crippen molar-refractivity contribution in [3.63, 3.8) is 0 Å². The van der Waals surface area contributed by atoms with E-state index in [1.54, 1.807) is 77.4 Å². The Kier molecular flexibility index (Phi) is 16.9. The van der Waals surface area contributed by atoms with Crippen molar-refractivity contribution in [3.8, 4) is 0 Å². The minimum Gasteiger partial charge on any atom is -0.392 e. The molecule has 1 amide bonds. The molecule has 2 radical (unpaired) electrons. The molecule has 66 heavy (non-hydrogen) atoms. The molecule has 4 saturated carbocycles. The first-order valence-electron chi connectivity index (χ1n) is 24.2. The number of ether oxygens (including phenoxy) is 2. The minimum absolute atomic E-state index is 0. The standard InChI is InChI=1S/C32H45NO10.C20H32O.2Ac/c1-15-19(25(43-41)23(35)17(3)33-28(38)18-10-8-7-9-11-18)13-32(40)16(2)26-30(6,20(34)12-21-31(26,39)14-42-21)27(37)24(36)22(15)29(32,4)5;1-13-5-6-14-11-17-15-12-21-18(15)8-10-20(17,4)9-7-16(13)19(14,2)3;;/h7-11,16-17,19-21,23-26,34-36,39-41H,12-14H2,1-6H3,(H,33,38);14-15,17-18H,5-12H2,1-4H3;;/t16?,17?,19?,20?,21?,23?,24?,25-,26?,30-,31?,32?;14?,15?,17?,18?,20-;;/m11../s1. The van der Waals surface area contributed by atoms with Crippen molar-refractivity contribution in [2.24, 2.45) is 57.2 Å². The number of aliphatic hydroxyl groups is 5. The van der Waals surface area contributed by atoms with Crippen LogP contribution in [-0.4, -0.2) is 110 Å². The maximum absolute atomic E-state index is 14.3. The molecule has 6 aliphatic carbocycles. The van der Waals surface area contributed by atoms with Gasteiger partial charge in [-0.15, -0.1) is 0 Å². The maximum Gasteiger partial charge on any atom is 0.251 e. The molecule has 12 nitrogen and oxygen atoms in total. The number of amides is 1. The van der Waals surface area contributed by atoms with Gasteiger partial charge in [-0.05, 0) is 125 Å². The third kappa shape index (κ3) is 8.70. The quantitative estimate of drug-likeness (QED) is 0.0926. The van der Waals surface area contributed by atoms with Crippen LogP contribution in [0.2, 0.25) is 0 Å². The number of ketones is 1. The van der Waals surface area contributed by atoms with E-state index in [9.17, 15) is 40.4 Å². The molecule has 2 saturated heterocycles. The van der Waals surface area contributed by atoms with Crippen LogP contribution >= 0.6 is 0 Å². The van der Waals surface area contributed by atoms with Crippen LogP contribution < -0.4 is 5.32 Å². The van der Waals surface area contributed by atoms with Crippen molar-refractivity contribution in [1.29, 1.82) is 0 Å². The molecule has 14 unspecified atom stereocenters. The van der Waals surface area contributed by atoms with Gasteiger partial charge >= 0.3 is 0 Å². The fourth-order valence-electron chi connectivity index (χ4n) is 15.4. The molecule has 2 heterocycles. The summed E-state index contributed by atoms with van der Waals surface area (Å²) in [5.41, 5.74) is -0.446. The Morgan fingerprint density at radius 1 is 0.939 bits per heavy atom. The van der Waals surface area contributed by atoms with Gasteiger partial charge in [-0.2, -0.15) is 0 Å². The molecule has 0 aromatic heterocycles. The number of carbonyl (C=O) groups is 2. The van der Waals surface area contributed by atoms with Gasteiger partial charge < -0.3 is 40.3 Å². The van der Waals surface area contributed by atoms with E-state index < -0.39 is 88.0 Å². The van der Waals surface area contributed by atoms with E-state index in [0.717, 1.165) is 24.4 Å². The van der Waals surface area contributed by atoms with Crippen molar-refractivity contribution < 1.29 is 143 Å². The van der Waals surface area contributed by atoms with E-state index in [-0.39, 0.29) is 113 Å². The Morgan fingerprint density at radius 2 is 1.61 bits per heavy atom. The van der Waals surface area contributed by atoms with Crippen LogP contribution in [0.3, 0.4) is 0 Å². The Bertz CT molecular complexity index is 2050. The van der Waals surface area contributed by atoms with E-state index in [2.05, 4.69) is 33.0 Å². The van der Waals surface area contributed by atoms with Crippen molar-refractivity contribution in [3.05, 3.63) is 58.2 Å². The van der Waals surface area contributed by atoms with Crippen LogP contribution in [-0.2, 0) is 19.2 Å². The topological polar surface area (TPSA) is 195 Å². The molecule has 8 aliphatic rings. The monoisotopic (exact) mass is 1350 g/mol. The van der Waals surface area contributed by atoms with Crippen LogP contribution in [0.5, 0.6) is 0 Å². The number of carbonyl (C=O) groups excluding carboxylic acids is 2. The second-order valence-electron chi connectivity index (χ2n) is 23.3. The van der Waals surface area contributed by atoms with E-state index in [1.165, 1.54) is 44.9 Å². The summed E-state index contributed by atoms with van der Waals surface area (Å²) in [6.45, 7) is 21.0. The van der Waals surface area contributed by atoms with E-state index in [4.69, 9.17) is 14.4 Å². The number of fused-ring (bicyclic) bond motifs is 10. The van der Waals surface area contributed by atoms with Gasteiger partial charge in [0.1, 0.15) is 23.9 Å². The predicted molar refractivity (Wildman–Crippen MR) is 241 cm³/mol. The molecule has 0 spiro atoms. The van der Waals surface area contributed by atoms with Crippen molar-refractivity contribution >= 4 is 11.7 Å². The van der Waals surface area contributed by atoms with Gasteiger partial charge in [0.2, 0.25) is 0 Å². The third-order valence-corrected chi connectivity index (χ3v) is 19.8. The zero-order valence-corrected chi connectivity index (χ0v) is 50.5. The van der Waals surface area contributed by atoms with Crippen molar-refractivity contribution in [2.45, 2.75) is 181 Å². The average Bonchev–Trinajstić information content (AvgIpc) is 3.22. The van der Waals surface area contributed by atoms with E-state index in [1.807, 2.05) is 5.57 Å². The molecule has 6 fully saturated rings. The number of Topliss-reactive ketones (excluding diaryl/α,β-unsaturated/α-hetero) is 1.